The number of hydrogen-bond donors (Lipinski definition) is 1. The van der Waals surface area contributed by atoms with E-state index in [0.717, 1.165) is 10.4 Å². The molecule has 1 aromatic carbocycles. The molecule has 1 saturated carbocycles. The van der Waals surface area contributed by atoms with Crippen LogP contribution in [-0.4, -0.2) is 6.04 Å². The Morgan fingerprint density at radius 1 is 1.10 bits per heavy atom. The Balaban J connectivity index is 2.05. The van der Waals surface area contributed by atoms with Crippen molar-refractivity contribution in [2.75, 3.05) is 0 Å². The van der Waals surface area contributed by atoms with Gasteiger partial charge in [0.1, 0.15) is 0 Å². The summed E-state index contributed by atoms with van der Waals surface area (Å²) in [4.78, 5) is 0. The summed E-state index contributed by atoms with van der Waals surface area (Å²) < 4.78 is 1.15. The maximum Gasteiger partial charge on any atom is 0.0294 e. The van der Waals surface area contributed by atoms with Crippen molar-refractivity contribution in [3.63, 3.8) is 0 Å². The van der Waals surface area contributed by atoms with E-state index in [2.05, 4.69) is 73.2 Å². The molecule has 0 aliphatic heterocycles. The summed E-state index contributed by atoms with van der Waals surface area (Å²) in [5, 5.41) is 3.90. The Kier molecular flexibility index (Phi) is 5.30. The molecule has 1 fully saturated rings. The molecule has 0 spiro atoms. The first-order valence-electron chi connectivity index (χ1n) is 7.89. The molecule has 0 amide bonds. The second kappa shape index (κ2) is 6.62. The molecule has 112 valence electrons. The van der Waals surface area contributed by atoms with Crippen molar-refractivity contribution < 1.29 is 0 Å². The van der Waals surface area contributed by atoms with Gasteiger partial charge < -0.3 is 5.32 Å². The first-order valence-corrected chi connectivity index (χ1v) is 8.69. The van der Waals surface area contributed by atoms with Crippen LogP contribution in [0.15, 0.2) is 28.7 Å². The van der Waals surface area contributed by atoms with Crippen molar-refractivity contribution in [1.82, 2.24) is 5.32 Å². The van der Waals surface area contributed by atoms with Crippen LogP contribution in [0.25, 0.3) is 0 Å². The molecule has 1 aliphatic rings. The Morgan fingerprint density at radius 3 is 2.30 bits per heavy atom. The Bertz CT molecular complexity index is 418. The van der Waals surface area contributed by atoms with E-state index < -0.39 is 0 Å². The van der Waals surface area contributed by atoms with E-state index in [-0.39, 0.29) is 0 Å². The molecule has 0 saturated heterocycles. The third-order valence-corrected chi connectivity index (χ3v) is 5.24. The molecule has 1 aliphatic carbocycles. The third-order valence-electron chi connectivity index (χ3n) is 4.71. The number of halogens is 1. The van der Waals surface area contributed by atoms with Gasteiger partial charge in [-0.05, 0) is 48.8 Å². The summed E-state index contributed by atoms with van der Waals surface area (Å²) in [6, 6.07) is 9.79. The molecule has 0 heterocycles. The van der Waals surface area contributed by atoms with E-state index in [4.69, 9.17) is 0 Å². The smallest absolute Gasteiger partial charge is 0.0294 e. The lowest BCUT2D eigenvalue weighted by molar-refractivity contribution is 0.124. The SMILES string of the molecule is C[C@H](NC1CCCCC1C(C)(C)C)c1ccc(Br)cc1. The van der Waals surface area contributed by atoms with E-state index >= 15 is 0 Å². The van der Waals surface area contributed by atoms with Crippen LogP contribution >= 0.6 is 15.9 Å². The maximum absolute atomic E-state index is 3.90. The average Bonchev–Trinajstić information content (AvgIpc) is 2.38. The average molecular weight is 338 g/mol. The molecule has 2 heteroatoms. The molecule has 1 N–H and O–H groups in total. The summed E-state index contributed by atoms with van der Waals surface area (Å²) in [5.41, 5.74) is 1.78. The minimum Gasteiger partial charge on any atom is -0.307 e. The lowest BCUT2D eigenvalue weighted by Gasteiger charge is -2.42. The van der Waals surface area contributed by atoms with Crippen molar-refractivity contribution in [3.8, 4) is 0 Å². The monoisotopic (exact) mass is 337 g/mol. The van der Waals surface area contributed by atoms with Crippen molar-refractivity contribution in [1.29, 1.82) is 0 Å². The Morgan fingerprint density at radius 2 is 1.70 bits per heavy atom. The summed E-state index contributed by atoms with van der Waals surface area (Å²) in [6.07, 6.45) is 5.46. The van der Waals surface area contributed by atoms with Gasteiger partial charge in [0, 0.05) is 16.6 Å². The predicted octanol–water partition coefficient (Wildman–Crippen LogP) is 5.70. The minimum absolute atomic E-state index is 0.400. The van der Waals surface area contributed by atoms with Crippen LogP contribution < -0.4 is 5.32 Å². The van der Waals surface area contributed by atoms with Gasteiger partial charge in [-0.1, -0.05) is 61.7 Å². The fourth-order valence-corrected chi connectivity index (χ4v) is 3.80. The van der Waals surface area contributed by atoms with Gasteiger partial charge in [0.25, 0.3) is 0 Å². The van der Waals surface area contributed by atoms with Gasteiger partial charge in [-0.15, -0.1) is 0 Å². The van der Waals surface area contributed by atoms with Gasteiger partial charge in [0.05, 0.1) is 0 Å². The van der Waals surface area contributed by atoms with Crippen LogP contribution in [0.2, 0.25) is 0 Å². The van der Waals surface area contributed by atoms with Gasteiger partial charge in [-0.3, -0.25) is 0 Å². The Labute approximate surface area is 132 Å². The lowest BCUT2D eigenvalue weighted by Crippen LogP contribution is -2.45. The van der Waals surface area contributed by atoms with Gasteiger partial charge in [-0.2, -0.15) is 0 Å². The molecular weight excluding hydrogens is 310 g/mol. The van der Waals surface area contributed by atoms with Gasteiger partial charge in [-0.25, -0.2) is 0 Å². The predicted molar refractivity (Wildman–Crippen MR) is 90.9 cm³/mol. The van der Waals surface area contributed by atoms with Gasteiger partial charge in [0.2, 0.25) is 0 Å². The zero-order valence-electron chi connectivity index (χ0n) is 13.2. The van der Waals surface area contributed by atoms with E-state index in [1.165, 1.54) is 31.2 Å². The van der Waals surface area contributed by atoms with Crippen LogP contribution in [0, 0.1) is 11.3 Å². The largest absolute Gasteiger partial charge is 0.307 e. The summed E-state index contributed by atoms with van der Waals surface area (Å²) >= 11 is 3.51. The highest BCUT2D eigenvalue weighted by Crippen LogP contribution is 2.38. The van der Waals surface area contributed by atoms with Crippen molar-refractivity contribution >= 4 is 15.9 Å². The number of rotatable bonds is 3. The molecule has 0 radical (unpaired) electrons. The molecule has 20 heavy (non-hydrogen) atoms. The van der Waals surface area contributed by atoms with Crippen LogP contribution in [0.4, 0.5) is 0 Å². The zero-order chi connectivity index (χ0) is 14.8. The van der Waals surface area contributed by atoms with Crippen molar-refractivity contribution in [3.05, 3.63) is 34.3 Å². The highest BCUT2D eigenvalue weighted by atomic mass is 79.9. The highest BCUT2D eigenvalue weighted by molar-refractivity contribution is 9.10. The number of nitrogens with one attached hydrogen (secondary N) is 1. The fraction of sp³-hybridized carbons (Fsp3) is 0.667. The topological polar surface area (TPSA) is 12.0 Å². The zero-order valence-corrected chi connectivity index (χ0v) is 14.8. The highest BCUT2D eigenvalue weighted by Gasteiger charge is 2.34. The summed E-state index contributed by atoms with van der Waals surface area (Å²) in [7, 11) is 0. The lowest BCUT2D eigenvalue weighted by atomic mass is 9.69. The standard InChI is InChI=1S/C18H28BrN/c1-13(14-9-11-15(19)12-10-14)20-17-8-6-5-7-16(17)18(2,3)4/h9-13,16-17,20H,5-8H2,1-4H3/t13-,16?,17?/m0/s1. The van der Waals surface area contributed by atoms with E-state index in [0.29, 0.717) is 17.5 Å². The van der Waals surface area contributed by atoms with E-state index in [1.807, 2.05) is 0 Å². The van der Waals surface area contributed by atoms with Crippen LogP contribution in [0.5, 0.6) is 0 Å². The Hall–Kier alpha value is -0.340. The maximum atomic E-state index is 3.90. The number of hydrogen-bond acceptors (Lipinski definition) is 1. The van der Waals surface area contributed by atoms with Crippen LogP contribution in [0.3, 0.4) is 0 Å². The number of benzene rings is 1. The van der Waals surface area contributed by atoms with Gasteiger partial charge >= 0.3 is 0 Å². The second-order valence-corrected chi connectivity index (χ2v) is 8.22. The molecule has 3 atom stereocenters. The van der Waals surface area contributed by atoms with Crippen LogP contribution in [-0.2, 0) is 0 Å². The van der Waals surface area contributed by atoms with Crippen LogP contribution in [0.1, 0.15) is 65.0 Å². The second-order valence-electron chi connectivity index (χ2n) is 7.30. The minimum atomic E-state index is 0.400. The van der Waals surface area contributed by atoms with Gasteiger partial charge in [0.15, 0.2) is 0 Å². The quantitative estimate of drug-likeness (QED) is 0.745. The van der Waals surface area contributed by atoms with E-state index in [1.54, 1.807) is 0 Å². The first kappa shape index (κ1) is 16.0. The first-order chi connectivity index (χ1) is 9.38. The summed E-state index contributed by atoms with van der Waals surface area (Å²) in [5.74, 6) is 0.786. The van der Waals surface area contributed by atoms with Crippen molar-refractivity contribution in [2.45, 2.75) is 65.5 Å². The molecular formula is C18H28BrN. The molecule has 2 rings (SSSR count). The normalized spacial score (nSPS) is 25.4. The third kappa shape index (κ3) is 4.08. The van der Waals surface area contributed by atoms with E-state index in [9.17, 15) is 0 Å². The fourth-order valence-electron chi connectivity index (χ4n) is 3.54. The molecule has 1 nitrogen and oxygen atoms in total. The molecule has 1 aromatic rings. The summed E-state index contributed by atoms with van der Waals surface area (Å²) in [6.45, 7) is 9.46. The molecule has 0 bridgehead atoms. The van der Waals surface area contributed by atoms with Crippen molar-refractivity contribution in [2.24, 2.45) is 11.3 Å². The molecule has 2 unspecified atom stereocenters. The molecule has 0 aromatic heterocycles.